The third-order valence-corrected chi connectivity index (χ3v) is 4.41. The summed E-state index contributed by atoms with van der Waals surface area (Å²) in [5, 5.41) is 2.64. The summed E-state index contributed by atoms with van der Waals surface area (Å²) in [4.78, 5) is 17.5. The number of hydrogen-bond donors (Lipinski definition) is 0. The van der Waals surface area contributed by atoms with Crippen molar-refractivity contribution in [1.82, 2.24) is 9.38 Å². The molecule has 0 aliphatic rings. The lowest BCUT2D eigenvalue weighted by molar-refractivity contribution is 0.111. The molecule has 3 rings (SSSR count). The van der Waals surface area contributed by atoms with Gasteiger partial charge in [0.15, 0.2) is 11.2 Å². The van der Waals surface area contributed by atoms with Gasteiger partial charge in [-0.1, -0.05) is 11.8 Å². The maximum Gasteiger partial charge on any atom is 0.195 e. The minimum Gasteiger partial charge on any atom is -0.497 e. The second-order valence-corrected chi connectivity index (χ2v) is 5.69. The minimum absolute atomic E-state index is 0.595. The molecule has 1 aromatic carbocycles. The van der Waals surface area contributed by atoms with Crippen LogP contribution >= 0.6 is 23.1 Å². The molecule has 0 fully saturated rings. The van der Waals surface area contributed by atoms with Gasteiger partial charge in [0.05, 0.1) is 7.11 Å². The van der Waals surface area contributed by atoms with Gasteiger partial charge in [-0.15, -0.1) is 11.3 Å². The first-order valence-corrected chi connectivity index (χ1v) is 7.24. The van der Waals surface area contributed by atoms with Crippen LogP contribution in [0.2, 0.25) is 0 Å². The van der Waals surface area contributed by atoms with E-state index in [0.29, 0.717) is 5.69 Å². The first kappa shape index (κ1) is 12.3. The Labute approximate surface area is 118 Å². The number of imidazole rings is 1. The highest BCUT2D eigenvalue weighted by molar-refractivity contribution is 7.99. The van der Waals surface area contributed by atoms with E-state index in [1.807, 2.05) is 40.2 Å². The van der Waals surface area contributed by atoms with E-state index < -0.39 is 0 Å². The summed E-state index contributed by atoms with van der Waals surface area (Å²) in [5.74, 6) is 0.811. The van der Waals surface area contributed by atoms with E-state index in [2.05, 4.69) is 4.98 Å². The number of benzene rings is 1. The van der Waals surface area contributed by atoms with Crippen LogP contribution in [0.1, 0.15) is 10.5 Å². The topological polar surface area (TPSA) is 43.6 Å². The summed E-state index contributed by atoms with van der Waals surface area (Å²) in [7, 11) is 1.64. The highest BCUT2D eigenvalue weighted by Gasteiger charge is 2.13. The van der Waals surface area contributed by atoms with Crippen molar-refractivity contribution in [2.75, 3.05) is 7.11 Å². The number of aldehydes is 1. The Morgan fingerprint density at radius 1 is 1.37 bits per heavy atom. The molecule has 2 aromatic heterocycles. The largest absolute Gasteiger partial charge is 0.497 e. The molecule has 96 valence electrons. The fourth-order valence-corrected chi connectivity index (χ4v) is 3.38. The third-order valence-electron chi connectivity index (χ3n) is 2.65. The molecule has 0 atom stereocenters. The van der Waals surface area contributed by atoms with Gasteiger partial charge in [-0.3, -0.25) is 9.20 Å². The van der Waals surface area contributed by atoms with Gasteiger partial charge >= 0.3 is 0 Å². The number of methoxy groups -OCH3 is 1. The average molecular weight is 290 g/mol. The van der Waals surface area contributed by atoms with E-state index >= 15 is 0 Å². The molecule has 2 heterocycles. The van der Waals surface area contributed by atoms with E-state index in [1.165, 1.54) is 23.1 Å². The number of aromatic nitrogens is 2. The van der Waals surface area contributed by atoms with E-state index in [4.69, 9.17) is 4.74 Å². The van der Waals surface area contributed by atoms with E-state index in [0.717, 1.165) is 26.9 Å². The zero-order valence-corrected chi connectivity index (χ0v) is 11.7. The zero-order chi connectivity index (χ0) is 13.2. The number of carbonyl (C=O) groups is 1. The van der Waals surface area contributed by atoms with Gasteiger partial charge in [0.2, 0.25) is 0 Å². The maximum absolute atomic E-state index is 11.2. The van der Waals surface area contributed by atoms with E-state index in [1.54, 1.807) is 7.11 Å². The second kappa shape index (κ2) is 5.07. The Balaban J connectivity index is 1.95. The van der Waals surface area contributed by atoms with E-state index in [9.17, 15) is 4.79 Å². The molecule has 0 aliphatic carbocycles. The Hall–Kier alpha value is -1.79. The zero-order valence-electron chi connectivity index (χ0n) is 10.1. The summed E-state index contributed by atoms with van der Waals surface area (Å²) in [6.45, 7) is 0. The number of thiazole rings is 1. The van der Waals surface area contributed by atoms with Crippen molar-refractivity contribution in [3.05, 3.63) is 41.5 Å². The average Bonchev–Trinajstić information content (AvgIpc) is 3.00. The van der Waals surface area contributed by atoms with Gasteiger partial charge in [-0.25, -0.2) is 4.98 Å². The molecule has 0 aliphatic heterocycles. The molecule has 0 unspecified atom stereocenters. The lowest BCUT2D eigenvalue weighted by Crippen LogP contribution is -1.88. The van der Waals surface area contributed by atoms with Crippen LogP contribution in [0, 0.1) is 0 Å². The molecule has 0 spiro atoms. The number of nitrogens with zero attached hydrogens (tertiary/aromatic N) is 2. The second-order valence-electron chi connectivity index (χ2n) is 3.75. The van der Waals surface area contributed by atoms with Crippen LogP contribution < -0.4 is 4.74 Å². The van der Waals surface area contributed by atoms with Crippen molar-refractivity contribution in [3.8, 4) is 5.75 Å². The number of fused-ring (bicyclic) bond motifs is 1. The molecule has 3 aromatic rings. The standard InChI is InChI=1S/C13H10N2O2S2/c1-17-9-2-4-10(5-3-9)19-12-11(8-16)15-6-7-18-13(15)14-12/h2-8H,1H3. The minimum atomic E-state index is 0.595. The van der Waals surface area contributed by atoms with Crippen LogP contribution in [0.3, 0.4) is 0 Å². The van der Waals surface area contributed by atoms with Crippen molar-refractivity contribution in [2.24, 2.45) is 0 Å². The predicted molar refractivity (Wildman–Crippen MR) is 75.6 cm³/mol. The quantitative estimate of drug-likeness (QED) is 0.691. The molecule has 0 amide bonds. The smallest absolute Gasteiger partial charge is 0.195 e. The lowest BCUT2D eigenvalue weighted by atomic mass is 10.3. The van der Waals surface area contributed by atoms with Crippen LogP contribution in [0.5, 0.6) is 5.75 Å². The normalized spacial score (nSPS) is 10.8. The molecular weight excluding hydrogens is 280 g/mol. The molecule has 0 radical (unpaired) electrons. The van der Waals surface area contributed by atoms with Gasteiger partial charge in [0, 0.05) is 16.5 Å². The van der Waals surface area contributed by atoms with Gasteiger partial charge < -0.3 is 4.74 Å². The lowest BCUT2D eigenvalue weighted by Gasteiger charge is -2.01. The SMILES string of the molecule is COc1ccc(Sc2nc3sccn3c2C=O)cc1. The molecule has 0 saturated heterocycles. The summed E-state index contributed by atoms with van der Waals surface area (Å²) < 4.78 is 6.93. The Morgan fingerprint density at radius 3 is 2.84 bits per heavy atom. The molecule has 0 saturated carbocycles. The highest BCUT2D eigenvalue weighted by atomic mass is 32.2. The van der Waals surface area contributed by atoms with Crippen LogP contribution in [0.25, 0.3) is 4.96 Å². The number of hydrogen-bond acceptors (Lipinski definition) is 5. The maximum atomic E-state index is 11.2. The van der Waals surface area contributed by atoms with Crippen LogP contribution in [-0.4, -0.2) is 22.8 Å². The third kappa shape index (κ3) is 2.24. The van der Waals surface area contributed by atoms with Crippen molar-refractivity contribution in [2.45, 2.75) is 9.92 Å². The Bertz CT molecular complexity index is 716. The van der Waals surface area contributed by atoms with Crippen LogP contribution in [0.4, 0.5) is 0 Å². The summed E-state index contributed by atoms with van der Waals surface area (Å²) in [6.07, 6.45) is 2.70. The summed E-state index contributed by atoms with van der Waals surface area (Å²) >= 11 is 2.99. The first-order chi connectivity index (χ1) is 9.31. The summed E-state index contributed by atoms with van der Waals surface area (Å²) in [5.41, 5.74) is 0.595. The monoisotopic (exact) mass is 290 g/mol. The fraction of sp³-hybridized carbons (Fsp3) is 0.0769. The van der Waals surface area contributed by atoms with Gasteiger partial charge in [-0.2, -0.15) is 0 Å². The molecular formula is C13H10N2O2S2. The summed E-state index contributed by atoms with van der Waals surface area (Å²) in [6, 6.07) is 7.68. The molecule has 0 N–H and O–H groups in total. The van der Waals surface area contributed by atoms with E-state index in [-0.39, 0.29) is 0 Å². The fourth-order valence-electron chi connectivity index (χ4n) is 1.72. The van der Waals surface area contributed by atoms with Gasteiger partial charge in [-0.05, 0) is 24.3 Å². The number of ether oxygens (including phenoxy) is 1. The number of rotatable bonds is 4. The molecule has 4 nitrogen and oxygen atoms in total. The van der Waals surface area contributed by atoms with Crippen molar-refractivity contribution < 1.29 is 9.53 Å². The highest BCUT2D eigenvalue weighted by Crippen LogP contribution is 2.31. The number of carbonyl (C=O) groups excluding carboxylic acids is 1. The van der Waals surface area contributed by atoms with Crippen molar-refractivity contribution in [3.63, 3.8) is 0 Å². The molecule has 0 bridgehead atoms. The predicted octanol–water partition coefficient (Wildman–Crippen LogP) is 3.37. The molecule has 19 heavy (non-hydrogen) atoms. The Morgan fingerprint density at radius 2 is 2.16 bits per heavy atom. The molecule has 6 heteroatoms. The van der Waals surface area contributed by atoms with Crippen molar-refractivity contribution >= 4 is 34.3 Å². The van der Waals surface area contributed by atoms with Gasteiger partial charge in [0.1, 0.15) is 16.5 Å². The first-order valence-electron chi connectivity index (χ1n) is 5.54. The van der Waals surface area contributed by atoms with Gasteiger partial charge in [0.25, 0.3) is 0 Å². The Kier molecular flexibility index (Phi) is 3.27. The van der Waals surface area contributed by atoms with Crippen LogP contribution in [-0.2, 0) is 0 Å². The van der Waals surface area contributed by atoms with Crippen molar-refractivity contribution in [1.29, 1.82) is 0 Å². The van der Waals surface area contributed by atoms with Crippen LogP contribution in [0.15, 0.2) is 45.8 Å².